The van der Waals surface area contributed by atoms with Gasteiger partial charge in [-0.1, -0.05) is 6.07 Å². The van der Waals surface area contributed by atoms with Gasteiger partial charge in [0.2, 0.25) is 0 Å². The smallest absolute Gasteiger partial charge is 0.322 e. The van der Waals surface area contributed by atoms with E-state index >= 15 is 0 Å². The van der Waals surface area contributed by atoms with E-state index < -0.39 is 0 Å². The first-order valence-electron chi connectivity index (χ1n) is 11.4. The van der Waals surface area contributed by atoms with Crippen LogP contribution in [0, 0.1) is 5.82 Å². The van der Waals surface area contributed by atoms with Crippen molar-refractivity contribution in [3.05, 3.63) is 78.6 Å². The maximum Gasteiger partial charge on any atom is 0.322 e. The Hall–Kier alpha value is -4.04. The maximum absolute atomic E-state index is 13.6. The molecule has 0 aliphatic carbocycles. The Morgan fingerprint density at radius 2 is 1.79 bits per heavy atom. The van der Waals surface area contributed by atoms with Crippen molar-refractivity contribution in [3.8, 4) is 34.4 Å². The highest BCUT2D eigenvalue weighted by Crippen LogP contribution is 2.34. The number of halogens is 1. The minimum absolute atomic E-state index is 0.245. The van der Waals surface area contributed by atoms with E-state index in [0.29, 0.717) is 17.4 Å². The zero-order valence-electron chi connectivity index (χ0n) is 18.4. The highest BCUT2D eigenvalue weighted by molar-refractivity contribution is 5.86. The number of aromatic nitrogens is 5. The van der Waals surface area contributed by atoms with E-state index in [-0.39, 0.29) is 11.8 Å². The Balaban J connectivity index is 1.40. The van der Waals surface area contributed by atoms with Crippen LogP contribution in [0.1, 0.15) is 24.6 Å². The summed E-state index contributed by atoms with van der Waals surface area (Å²) in [6, 6.07) is 16.2. The van der Waals surface area contributed by atoms with Crippen LogP contribution in [0.3, 0.4) is 0 Å². The van der Waals surface area contributed by atoms with Crippen LogP contribution in [0.2, 0.25) is 0 Å². The van der Waals surface area contributed by atoms with Crippen LogP contribution in [0.4, 0.5) is 4.39 Å². The molecule has 170 valence electrons. The van der Waals surface area contributed by atoms with Crippen molar-refractivity contribution in [1.29, 1.82) is 0 Å². The van der Waals surface area contributed by atoms with Gasteiger partial charge >= 0.3 is 6.01 Å². The Labute approximate surface area is 195 Å². The fourth-order valence-corrected chi connectivity index (χ4v) is 4.46. The molecule has 1 aliphatic rings. The van der Waals surface area contributed by atoms with Crippen LogP contribution < -0.4 is 10.1 Å². The zero-order valence-corrected chi connectivity index (χ0v) is 18.4. The minimum atomic E-state index is -0.281. The number of H-pyrrole nitrogens is 2. The Bertz CT molecular complexity index is 1440. The molecule has 7 nitrogen and oxygen atoms in total. The first-order valence-corrected chi connectivity index (χ1v) is 11.4. The van der Waals surface area contributed by atoms with Crippen LogP contribution in [0.5, 0.6) is 11.8 Å². The molecule has 1 aliphatic heterocycles. The molecule has 4 heterocycles. The fourth-order valence-electron chi connectivity index (χ4n) is 4.46. The van der Waals surface area contributed by atoms with E-state index in [1.54, 1.807) is 18.3 Å². The van der Waals surface area contributed by atoms with Crippen LogP contribution in [-0.4, -0.2) is 38.0 Å². The van der Waals surface area contributed by atoms with E-state index in [4.69, 9.17) is 14.7 Å². The predicted molar refractivity (Wildman–Crippen MR) is 128 cm³/mol. The van der Waals surface area contributed by atoms with Crippen molar-refractivity contribution in [2.45, 2.75) is 18.8 Å². The maximum atomic E-state index is 13.6. The predicted octanol–water partition coefficient (Wildman–Crippen LogP) is 5.41. The van der Waals surface area contributed by atoms with Crippen LogP contribution in [0.25, 0.3) is 33.5 Å². The topological polar surface area (TPSA) is 91.5 Å². The number of imidazole rings is 1. The normalized spacial score (nSPS) is 14.5. The molecular weight excluding hydrogens is 431 g/mol. The standard InChI is InChI=1S/C26H23FN6O/c27-18-6-4-16(5-7-18)23-24(33-25(32-23)17-8-12-28-13-9-17)21-11-15-30-26(31-21)34-22-3-1-2-20-19(22)10-14-29-20/h1-7,10-11,14-15,17,28-29H,8-9,12-13H2,(H,32,33). The molecule has 3 N–H and O–H groups in total. The number of nitrogens with one attached hydrogen (secondary N) is 3. The van der Waals surface area contributed by atoms with E-state index in [0.717, 1.165) is 59.6 Å². The van der Waals surface area contributed by atoms with Gasteiger partial charge in [0, 0.05) is 34.8 Å². The molecule has 5 aromatic rings. The fraction of sp³-hybridized carbons (Fsp3) is 0.192. The number of piperidine rings is 1. The molecule has 0 atom stereocenters. The summed E-state index contributed by atoms with van der Waals surface area (Å²) >= 11 is 0. The first kappa shape index (κ1) is 20.6. The highest BCUT2D eigenvalue weighted by Gasteiger charge is 2.23. The van der Waals surface area contributed by atoms with Gasteiger partial charge in [0.1, 0.15) is 17.4 Å². The lowest BCUT2D eigenvalue weighted by atomic mass is 9.98. The first-order chi connectivity index (χ1) is 16.7. The van der Waals surface area contributed by atoms with Gasteiger partial charge in [0.15, 0.2) is 0 Å². The van der Waals surface area contributed by atoms with Crippen molar-refractivity contribution in [2.24, 2.45) is 0 Å². The number of hydrogen-bond donors (Lipinski definition) is 3. The third kappa shape index (κ3) is 3.92. The second-order valence-electron chi connectivity index (χ2n) is 8.40. The third-order valence-corrected chi connectivity index (χ3v) is 6.21. The van der Waals surface area contributed by atoms with Gasteiger partial charge in [-0.3, -0.25) is 0 Å². The van der Waals surface area contributed by atoms with Gasteiger partial charge in [0.05, 0.1) is 17.1 Å². The molecular formula is C26H23FN6O. The van der Waals surface area contributed by atoms with E-state index in [1.165, 1.54) is 12.1 Å². The van der Waals surface area contributed by atoms with Gasteiger partial charge in [-0.05, 0) is 74.5 Å². The van der Waals surface area contributed by atoms with Gasteiger partial charge in [-0.15, -0.1) is 0 Å². The van der Waals surface area contributed by atoms with Crippen LogP contribution in [0.15, 0.2) is 67.0 Å². The molecule has 3 aromatic heterocycles. The van der Waals surface area contributed by atoms with Gasteiger partial charge in [-0.2, -0.15) is 4.98 Å². The lowest BCUT2D eigenvalue weighted by molar-refractivity contribution is 0.446. The molecule has 0 bridgehead atoms. The summed E-state index contributed by atoms with van der Waals surface area (Å²) in [6.07, 6.45) is 5.56. The molecule has 0 saturated carbocycles. The molecule has 0 radical (unpaired) electrons. The summed E-state index contributed by atoms with van der Waals surface area (Å²) < 4.78 is 19.7. The highest BCUT2D eigenvalue weighted by atomic mass is 19.1. The molecule has 0 spiro atoms. The van der Waals surface area contributed by atoms with Crippen molar-refractivity contribution < 1.29 is 9.13 Å². The average Bonchev–Trinajstić information content (AvgIpc) is 3.54. The lowest BCUT2D eigenvalue weighted by Gasteiger charge is -2.20. The largest absolute Gasteiger partial charge is 0.424 e. The molecule has 2 aromatic carbocycles. The summed E-state index contributed by atoms with van der Waals surface area (Å²) in [7, 11) is 0. The molecule has 34 heavy (non-hydrogen) atoms. The van der Waals surface area contributed by atoms with E-state index in [9.17, 15) is 4.39 Å². The number of nitrogens with zero attached hydrogens (tertiary/aromatic N) is 3. The summed E-state index contributed by atoms with van der Waals surface area (Å²) in [5, 5.41) is 4.35. The second kappa shape index (κ2) is 8.72. The van der Waals surface area contributed by atoms with Gasteiger partial charge in [-0.25, -0.2) is 14.4 Å². The summed E-state index contributed by atoms with van der Waals surface area (Å²) in [4.78, 5) is 20.7. The Morgan fingerprint density at radius 1 is 0.941 bits per heavy atom. The zero-order chi connectivity index (χ0) is 22.9. The Morgan fingerprint density at radius 3 is 2.65 bits per heavy atom. The molecule has 0 unspecified atom stereocenters. The number of aromatic amines is 2. The summed E-state index contributed by atoms with van der Waals surface area (Å²) in [6.45, 7) is 1.92. The molecule has 1 fully saturated rings. The average molecular weight is 455 g/mol. The number of ether oxygens (including phenoxy) is 1. The van der Waals surface area contributed by atoms with Crippen molar-refractivity contribution >= 4 is 10.9 Å². The number of hydrogen-bond acceptors (Lipinski definition) is 5. The molecule has 1 saturated heterocycles. The van der Waals surface area contributed by atoms with E-state index in [2.05, 4.69) is 20.3 Å². The summed E-state index contributed by atoms with van der Waals surface area (Å²) in [5.74, 6) is 1.65. The molecule has 6 rings (SSSR count). The second-order valence-corrected chi connectivity index (χ2v) is 8.40. The monoisotopic (exact) mass is 454 g/mol. The van der Waals surface area contributed by atoms with Gasteiger partial charge < -0.3 is 20.0 Å². The van der Waals surface area contributed by atoms with Crippen molar-refractivity contribution in [2.75, 3.05) is 13.1 Å². The van der Waals surface area contributed by atoms with Gasteiger partial charge in [0.25, 0.3) is 0 Å². The number of rotatable bonds is 5. The summed E-state index contributed by atoms with van der Waals surface area (Å²) in [5.41, 5.74) is 3.98. The quantitative estimate of drug-likeness (QED) is 0.330. The van der Waals surface area contributed by atoms with Crippen LogP contribution >= 0.6 is 0 Å². The SMILES string of the molecule is Fc1ccc(-c2nc(C3CCNCC3)[nH]c2-c2ccnc(Oc3cccc4[nH]ccc34)n2)cc1. The van der Waals surface area contributed by atoms with Crippen molar-refractivity contribution in [1.82, 2.24) is 30.2 Å². The number of fused-ring (bicyclic) bond motifs is 1. The third-order valence-electron chi connectivity index (χ3n) is 6.21. The number of benzene rings is 2. The Kier molecular flexibility index (Phi) is 5.27. The van der Waals surface area contributed by atoms with E-state index in [1.807, 2.05) is 36.5 Å². The lowest BCUT2D eigenvalue weighted by Crippen LogP contribution is -2.27. The minimum Gasteiger partial charge on any atom is -0.424 e. The van der Waals surface area contributed by atoms with Crippen molar-refractivity contribution in [3.63, 3.8) is 0 Å². The molecule has 8 heteroatoms. The van der Waals surface area contributed by atoms with Crippen LogP contribution in [-0.2, 0) is 0 Å². The molecule has 0 amide bonds.